The lowest BCUT2D eigenvalue weighted by Crippen LogP contribution is -2.42. The van der Waals surface area contributed by atoms with Gasteiger partial charge in [-0.3, -0.25) is 14.7 Å². The molecule has 1 atom stereocenters. The fourth-order valence-electron chi connectivity index (χ4n) is 4.15. The number of pyridine rings is 2. The predicted octanol–water partition coefficient (Wildman–Crippen LogP) is 5.57. The first-order chi connectivity index (χ1) is 20.1. The Bertz CT molecular complexity index is 1660. The smallest absolute Gasteiger partial charge is 0.416 e. The molecule has 0 saturated heterocycles. The maximum Gasteiger partial charge on any atom is 0.416 e. The highest BCUT2D eigenvalue weighted by molar-refractivity contribution is 7.89. The molecule has 0 aliphatic carbocycles. The van der Waals surface area contributed by atoms with Crippen molar-refractivity contribution in [3.05, 3.63) is 84.5 Å². The molecule has 1 aromatic carbocycles. The molecule has 1 N–H and O–H groups in total. The van der Waals surface area contributed by atoms with E-state index >= 15 is 0 Å². The summed E-state index contributed by atoms with van der Waals surface area (Å²) in [6, 6.07) is 16.1. The zero-order valence-electron chi connectivity index (χ0n) is 25.0. The van der Waals surface area contributed by atoms with E-state index in [9.17, 15) is 18.0 Å². The van der Waals surface area contributed by atoms with Crippen LogP contribution in [0, 0.1) is 0 Å². The summed E-state index contributed by atoms with van der Waals surface area (Å²) in [6.45, 7) is 9.80. The van der Waals surface area contributed by atoms with E-state index in [-0.39, 0.29) is 22.8 Å². The predicted molar refractivity (Wildman–Crippen MR) is 161 cm³/mol. The summed E-state index contributed by atoms with van der Waals surface area (Å²) in [5.41, 5.74) is -0.706. The van der Waals surface area contributed by atoms with Gasteiger partial charge in [0.1, 0.15) is 39.8 Å². The van der Waals surface area contributed by atoms with Crippen LogP contribution in [-0.4, -0.2) is 48.2 Å². The number of carbonyl (C=O) groups excluding carboxylic acids is 2. The summed E-state index contributed by atoms with van der Waals surface area (Å²) in [5.74, 6) is -0.0699. The van der Waals surface area contributed by atoms with Gasteiger partial charge in [-0.15, -0.1) is 0 Å². The second-order valence-electron chi connectivity index (χ2n) is 11.9. The molecule has 0 aliphatic heterocycles. The van der Waals surface area contributed by atoms with Crippen LogP contribution in [0.25, 0.3) is 11.0 Å². The normalized spacial score (nSPS) is 13.0. The number of amides is 1. The number of benzene rings is 1. The van der Waals surface area contributed by atoms with Crippen molar-refractivity contribution >= 4 is 38.9 Å². The number of furan rings is 1. The van der Waals surface area contributed by atoms with Crippen LogP contribution in [0.2, 0.25) is 0 Å². The average molecular weight is 609 g/mol. The van der Waals surface area contributed by atoms with Crippen molar-refractivity contribution in [2.45, 2.75) is 70.1 Å². The number of aromatic nitrogens is 2. The van der Waals surface area contributed by atoms with Gasteiger partial charge in [-0.05, 0) is 77.9 Å². The molecule has 1 amide bonds. The number of carbonyl (C=O) groups is 2. The Labute approximate surface area is 251 Å². The van der Waals surface area contributed by atoms with Gasteiger partial charge in [0.25, 0.3) is 0 Å². The van der Waals surface area contributed by atoms with Crippen LogP contribution in [0.4, 0.5) is 10.6 Å². The lowest BCUT2D eigenvalue weighted by Gasteiger charge is -2.28. The van der Waals surface area contributed by atoms with Crippen molar-refractivity contribution in [2.24, 2.45) is 0 Å². The number of esters is 1. The SMILES string of the molecule is CC(C)(C)OC(=O)CN(C(=O)OC(C)(C)C)c1cccc(C(Cc2cc3ccccc3o2)NS(=O)(=O)c2cccnc2)n1. The molecule has 11 nitrogen and oxygen atoms in total. The number of fused-ring (bicyclic) bond motifs is 1. The van der Waals surface area contributed by atoms with Crippen molar-refractivity contribution in [1.82, 2.24) is 14.7 Å². The Morgan fingerprint density at radius 3 is 2.33 bits per heavy atom. The molecular weight excluding hydrogens is 572 g/mol. The quantitative estimate of drug-likeness (QED) is 0.242. The second-order valence-corrected chi connectivity index (χ2v) is 13.6. The fourth-order valence-corrected chi connectivity index (χ4v) is 5.32. The number of hydrogen-bond donors (Lipinski definition) is 1. The Kier molecular flexibility index (Phi) is 9.21. The Hall–Kier alpha value is -4.29. The van der Waals surface area contributed by atoms with Gasteiger partial charge in [0.05, 0.1) is 11.7 Å². The molecule has 3 aromatic heterocycles. The molecule has 1 unspecified atom stereocenters. The number of anilines is 1. The lowest BCUT2D eigenvalue weighted by atomic mass is 10.1. The number of nitrogens with zero attached hydrogens (tertiary/aromatic N) is 3. The molecule has 12 heteroatoms. The molecule has 3 heterocycles. The summed E-state index contributed by atoms with van der Waals surface area (Å²) in [7, 11) is -4.04. The summed E-state index contributed by atoms with van der Waals surface area (Å²) >= 11 is 0. The molecule has 228 valence electrons. The molecule has 0 fully saturated rings. The van der Waals surface area contributed by atoms with Crippen LogP contribution in [-0.2, 0) is 30.7 Å². The molecule has 4 aromatic rings. The maximum absolute atomic E-state index is 13.4. The zero-order chi connectivity index (χ0) is 31.4. The van der Waals surface area contributed by atoms with Gasteiger partial charge in [0.15, 0.2) is 0 Å². The van der Waals surface area contributed by atoms with Gasteiger partial charge in [0, 0.05) is 24.2 Å². The van der Waals surface area contributed by atoms with Crippen LogP contribution in [0.1, 0.15) is 59.0 Å². The third-order valence-electron chi connectivity index (χ3n) is 5.83. The van der Waals surface area contributed by atoms with Crippen LogP contribution < -0.4 is 9.62 Å². The molecule has 0 spiro atoms. The molecule has 4 rings (SSSR count). The molecule has 0 bridgehead atoms. The first kappa shape index (κ1) is 31.6. The van der Waals surface area contributed by atoms with Gasteiger partial charge in [0.2, 0.25) is 10.0 Å². The van der Waals surface area contributed by atoms with Gasteiger partial charge in [-0.1, -0.05) is 24.3 Å². The lowest BCUT2D eigenvalue weighted by molar-refractivity contribution is -0.153. The van der Waals surface area contributed by atoms with Gasteiger partial charge in [-0.2, -0.15) is 0 Å². The fraction of sp³-hybridized carbons (Fsp3) is 0.355. The van der Waals surface area contributed by atoms with Crippen molar-refractivity contribution in [2.75, 3.05) is 11.4 Å². The standard InChI is InChI=1S/C31H36N4O7S/c1-30(2,3)41-28(36)20-35(29(37)42-31(4,5)6)27-15-9-13-24(33-27)25(34-43(38,39)23-12-10-16-32-19-23)18-22-17-21-11-7-8-14-26(21)40-22/h7-17,19,25,34H,18,20H2,1-6H3. The van der Waals surface area contributed by atoms with Gasteiger partial charge in [-0.25, -0.2) is 22.9 Å². The number of sulfonamides is 1. The highest BCUT2D eigenvalue weighted by Crippen LogP contribution is 2.27. The zero-order valence-corrected chi connectivity index (χ0v) is 25.8. The minimum Gasteiger partial charge on any atom is -0.461 e. The first-order valence-corrected chi connectivity index (χ1v) is 15.2. The summed E-state index contributed by atoms with van der Waals surface area (Å²) in [4.78, 5) is 35.7. The van der Waals surface area contributed by atoms with Crippen LogP contribution in [0.15, 0.2) is 82.4 Å². The topological polar surface area (TPSA) is 141 Å². The summed E-state index contributed by atoms with van der Waals surface area (Å²) in [6.07, 6.45) is 2.01. The number of para-hydroxylation sites is 1. The van der Waals surface area contributed by atoms with E-state index in [2.05, 4.69) is 14.7 Å². The second kappa shape index (κ2) is 12.5. The molecule has 43 heavy (non-hydrogen) atoms. The number of rotatable bonds is 9. The van der Waals surface area contributed by atoms with Gasteiger partial charge >= 0.3 is 12.1 Å². The summed E-state index contributed by atoms with van der Waals surface area (Å²) < 4.78 is 46.5. The van der Waals surface area contributed by atoms with Crippen molar-refractivity contribution in [3.8, 4) is 0 Å². The van der Waals surface area contributed by atoms with E-state index in [1.54, 1.807) is 53.7 Å². The van der Waals surface area contributed by atoms with Crippen molar-refractivity contribution < 1.29 is 31.9 Å². The Morgan fingerprint density at radius 2 is 1.67 bits per heavy atom. The van der Waals surface area contributed by atoms with Gasteiger partial charge < -0.3 is 13.9 Å². The average Bonchev–Trinajstić information content (AvgIpc) is 3.32. The van der Waals surface area contributed by atoms with E-state index in [1.807, 2.05) is 30.3 Å². The van der Waals surface area contributed by atoms with E-state index in [0.717, 1.165) is 10.3 Å². The third kappa shape index (κ3) is 8.85. The minimum absolute atomic E-state index is 0.0268. The van der Waals surface area contributed by atoms with E-state index in [1.165, 1.54) is 30.6 Å². The highest BCUT2D eigenvalue weighted by Gasteiger charge is 2.30. The van der Waals surface area contributed by atoms with E-state index < -0.39 is 45.9 Å². The highest BCUT2D eigenvalue weighted by atomic mass is 32.2. The Balaban J connectivity index is 1.73. The van der Waals surface area contributed by atoms with E-state index in [4.69, 9.17) is 13.9 Å². The first-order valence-electron chi connectivity index (χ1n) is 13.7. The summed E-state index contributed by atoms with van der Waals surface area (Å²) in [5, 5.41) is 0.863. The number of hydrogen-bond acceptors (Lipinski definition) is 9. The number of ether oxygens (including phenoxy) is 2. The Morgan fingerprint density at radius 1 is 0.953 bits per heavy atom. The van der Waals surface area contributed by atoms with Crippen LogP contribution in [0.5, 0.6) is 0 Å². The monoisotopic (exact) mass is 608 g/mol. The third-order valence-corrected chi connectivity index (χ3v) is 7.29. The maximum atomic E-state index is 13.4. The largest absolute Gasteiger partial charge is 0.461 e. The molecule has 0 aliphatic rings. The van der Waals surface area contributed by atoms with Crippen LogP contribution in [0.3, 0.4) is 0 Å². The molecule has 0 radical (unpaired) electrons. The van der Waals surface area contributed by atoms with Crippen molar-refractivity contribution in [1.29, 1.82) is 0 Å². The van der Waals surface area contributed by atoms with Crippen molar-refractivity contribution in [3.63, 3.8) is 0 Å². The van der Waals surface area contributed by atoms with E-state index in [0.29, 0.717) is 11.3 Å². The molecule has 0 saturated carbocycles. The number of nitrogens with one attached hydrogen (secondary N) is 1. The minimum atomic E-state index is -4.04. The van der Waals surface area contributed by atoms with Crippen LogP contribution >= 0.6 is 0 Å². The molecular formula is C31H36N4O7S.